The molecular weight excluding hydrogens is 244 g/mol. The average molecular weight is 260 g/mol. The fraction of sp³-hybridized carbons (Fsp3) is 0.462. The van der Waals surface area contributed by atoms with Crippen LogP contribution >= 0.6 is 0 Å². The van der Waals surface area contributed by atoms with E-state index in [0.29, 0.717) is 11.3 Å². The molecule has 0 aromatic heterocycles. The smallest absolute Gasteiger partial charge is 0.270 e. The van der Waals surface area contributed by atoms with Crippen molar-refractivity contribution in [2.75, 3.05) is 5.32 Å². The molecule has 0 heterocycles. The third-order valence-corrected chi connectivity index (χ3v) is 3.41. The molecule has 0 radical (unpaired) electrons. The van der Waals surface area contributed by atoms with E-state index in [9.17, 15) is 10.1 Å². The molecule has 19 heavy (non-hydrogen) atoms. The van der Waals surface area contributed by atoms with E-state index in [-0.39, 0.29) is 17.8 Å². The second-order valence-corrected chi connectivity index (χ2v) is 4.87. The molecule has 1 aliphatic carbocycles. The van der Waals surface area contributed by atoms with Crippen LogP contribution in [0.3, 0.4) is 0 Å². The van der Waals surface area contributed by atoms with Gasteiger partial charge in [0.05, 0.1) is 16.2 Å². The van der Waals surface area contributed by atoms with Gasteiger partial charge in [0.1, 0.15) is 6.07 Å². The van der Waals surface area contributed by atoms with Crippen LogP contribution in [0.25, 0.3) is 0 Å². The van der Waals surface area contributed by atoms with Crippen LogP contribution in [-0.4, -0.2) is 17.0 Å². The Morgan fingerprint density at radius 1 is 1.47 bits per heavy atom. The number of nitrogens with zero attached hydrogens (tertiary/aromatic N) is 2. The monoisotopic (exact) mass is 260 g/mol. The molecule has 1 aromatic rings. The van der Waals surface area contributed by atoms with Crippen molar-refractivity contribution in [2.45, 2.75) is 37.8 Å². The van der Waals surface area contributed by atoms with Crippen molar-refractivity contribution in [1.29, 1.82) is 5.26 Å². The molecule has 6 heteroatoms. The molecule has 0 bridgehead atoms. The van der Waals surface area contributed by atoms with Crippen molar-refractivity contribution in [2.24, 2.45) is 5.73 Å². The highest BCUT2D eigenvalue weighted by Crippen LogP contribution is 2.25. The summed E-state index contributed by atoms with van der Waals surface area (Å²) in [4.78, 5) is 10.2. The largest absolute Gasteiger partial charge is 0.381 e. The molecule has 3 N–H and O–H groups in total. The van der Waals surface area contributed by atoms with Gasteiger partial charge in [-0.05, 0) is 31.7 Å². The zero-order chi connectivity index (χ0) is 13.8. The van der Waals surface area contributed by atoms with E-state index in [0.717, 1.165) is 25.7 Å². The zero-order valence-corrected chi connectivity index (χ0v) is 10.5. The lowest BCUT2D eigenvalue weighted by atomic mass is 9.91. The standard InChI is InChI=1S/C13H16N4O2/c14-8-9-6-12(17(18)19)4-5-13(9)16-11-3-1-2-10(15)7-11/h4-6,10-11,16H,1-3,7,15H2. The molecular formula is C13H16N4O2. The Bertz CT molecular complexity index is 524. The maximum Gasteiger partial charge on any atom is 0.270 e. The van der Waals surface area contributed by atoms with Gasteiger partial charge in [-0.3, -0.25) is 10.1 Å². The summed E-state index contributed by atoms with van der Waals surface area (Å²) in [5, 5.41) is 23.0. The SMILES string of the molecule is N#Cc1cc([N+](=O)[O-])ccc1NC1CCCC(N)C1. The number of benzene rings is 1. The lowest BCUT2D eigenvalue weighted by molar-refractivity contribution is -0.384. The first-order valence-corrected chi connectivity index (χ1v) is 6.31. The predicted molar refractivity (Wildman–Crippen MR) is 71.7 cm³/mol. The fourth-order valence-electron chi connectivity index (χ4n) is 2.44. The Kier molecular flexibility index (Phi) is 3.97. The van der Waals surface area contributed by atoms with E-state index in [4.69, 9.17) is 11.0 Å². The van der Waals surface area contributed by atoms with Gasteiger partial charge < -0.3 is 11.1 Å². The number of nitro groups is 1. The lowest BCUT2D eigenvalue weighted by Crippen LogP contribution is -2.35. The van der Waals surface area contributed by atoms with Crippen LogP contribution in [-0.2, 0) is 0 Å². The molecule has 1 aromatic carbocycles. The topological polar surface area (TPSA) is 105 Å². The average Bonchev–Trinajstić information content (AvgIpc) is 2.39. The molecule has 0 aliphatic heterocycles. The van der Waals surface area contributed by atoms with Crippen LogP contribution in [0.1, 0.15) is 31.2 Å². The van der Waals surface area contributed by atoms with E-state index < -0.39 is 4.92 Å². The summed E-state index contributed by atoms with van der Waals surface area (Å²) >= 11 is 0. The number of nitro benzene ring substituents is 1. The van der Waals surface area contributed by atoms with Crippen LogP contribution in [0.5, 0.6) is 0 Å². The quantitative estimate of drug-likeness (QED) is 0.640. The van der Waals surface area contributed by atoms with Crippen LogP contribution in [0, 0.1) is 21.4 Å². The molecule has 100 valence electrons. The molecule has 1 fully saturated rings. The molecule has 0 saturated heterocycles. The number of hydrogen-bond acceptors (Lipinski definition) is 5. The zero-order valence-electron chi connectivity index (χ0n) is 10.5. The fourth-order valence-corrected chi connectivity index (χ4v) is 2.44. The minimum absolute atomic E-state index is 0.0672. The van der Waals surface area contributed by atoms with Crippen molar-refractivity contribution >= 4 is 11.4 Å². The van der Waals surface area contributed by atoms with Gasteiger partial charge in [0.25, 0.3) is 5.69 Å². The Labute approximate surface area is 111 Å². The van der Waals surface area contributed by atoms with Gasteiger partial charge in [-0.2, -0.15) is 5.26 Å². The highest BCUT2D eigenvalue weighted by Gasteiger charge is 2.20. The summed E-state index contributed by atoms with van der Waals surface area (Å²) in [5.41, 5.74) is 6.80. The second kappa shape index (κ2) is 5.67. The maximum atomic E-state index is 10.7. The Balaban J connectivity index is 2.16. The Hall–Kier alpha value is -2.13. The second-order valence-electron chi connectivity index (χ2n) is 4.87. The highest BCUT2D eigenvalue weighted by molar-refractivity contribution is 5.61. The van der Waals surface area contributed by atoms with Crippen LogP contribution in [0.4, 0.5) is 11.4 Å². The van der Waals surface area contributed by atoms with E-state index in [2.05, 4.69) is 5.32 Å². The number of rotatable bonds is 3. The van der Waals surface area contributed by atoms with Gasteiger partial charge in [0.15, 0.2) is 0 Å². The number of nitrogens with two attached hydrogens (primary N) is 1. The first-order valence-electron chi connectivity index (χ1n) is 6.31. The van der Waals surface area contributed by atoms with Crippen LogP contribution < -0.4 is 11.1 Å². The summed E-state index contributed by atoms with van der Waals surface area (Å²) < 4.78 is 0. The molecule has 1 saturated carbocycles. The van der Waals surface area contributed by atoms with Gasteiger partial charge in [-0.1, -0.05) is 0 Å². The van der Waals surface area contributed by atoms with Crippen molar-refractivity contribution in [1.82, 2.24) is 0 Å². The summed E-state index contributed by atoms with van der Waals surface area (Å²) in [6, 6.07) is 6.72. The van der Waals surface area contributed by atoms with Crippen molar-refractivity contribution in [3.63, 3.8) is 0 Å². The molecule has 2 unspecified atom stereocenters. The summed E-state index contributed by atoms with van der Waals surface area (Å²) in [5.74, 6) is 0. The molecule has 2 atom stereocenters. The minimum atomic E-state index is -0.499. The molecule has 6 nitrogen and oxygen atoms in total. The number of anilines is 1. The van der Waals surface area contributed by atoms with Gasteiger partial charge >= 0.3 is 0 Å². The minimum Gasteiger partial charge on any atom is -0.381 e. The highest BCUT2D eigenvalue weighted by atomic mass is 16.6. The van der Waals surface area contributed by atoms with Crippen molar-refractivity contribution in [3.8, 4) is 6.07 Å². The number of hydrogen-bond donors (Lipinski definition) is 2. The normalized spacial score (nSPS) is 22.5. The third kappa shape index (κ3) is 3.20. The molecule has 0 spiro atoms. The van der Waals surface area contributed by atoms with E-state index in [1.807, 2.05) is 6.07 Å². The molecule has 1 aliphatic rings. The number of nitrogens with one attached hydrogen (secondary N) is 1. The van der Waals surface area contributed by atoms with Crippen molar-refractivity contribution < 1.29 is 4.92 Å². The Morgan fingerprint density at radius 3 is 2.89 bits per heavy atom. The van der Waals surface area contributed by atoms with Crippen LogP contribution in [0.15, 0.2) is 18.2 Å². The van der Waals surface area contributed by atoms with E-state index in [1.165, 1.54) is 12.1 Å². The Morgan fingerprint density at radius 2 is 2.26 bits per heavy atom. The van der Waals surface area contributed by atoms with Crippen molar-refractivity contribution in [3.05, 3.63) is 33.9 Å². The molecule has 0 amide bonds. The van der Waals surface area contributed by atoms with E-state index >= 15 is 0 Å². The molecule has 2 rings (SSSR count). The summed E-state index contributed by atoms with van der Waals surface area (Å²) in [6.07, 6.45) is 3.97. The van der Waals surface area contributed by atoms with Crippen LogP contribution in [0.2, 0.25) is 0 Å². The summed E-state index contributed by atoms with van der Waals surface area (Å²) in [6.45, 7) is 0. The van der Waals surface area contributed by atoms with Gasteiger partial charge in [0.2, 0.25) is 0 Å². The maximum absolute atomic E-state index is 10.7. The first-order chi connectivity index (χ1) is 9.10. The lowest BCUT2D eigenvalue weighted by Gasteiger charge is -2.28. The predicted octanol–water partition coefficient (Wildman–Crippen LogP) is 2.15. The third-order valence-electron chi connectivity index (χ3n) is 3.41. The van der Waals surface area contributed by atoms with E-state index in [1.54, 1.807) is 6.07 Å². The van der Waals surface area contributed by atoms with Gasteiger partial charge in [0, 0.05) is 24.2 Å². The summed E-state index contributed by atoms with van der Waals surface area (Å²) in [7, 11) is 0. The number of non-ortho nitro benzene ring substituents is 1. The first kappa shape index (κ1) is 13.3. The van der Waals surface area contributed by atoms with Gasteiger partial charge in [-0.15, -0.1) is 0 Å². The number of nitriles is 1. The van der Waals surface area contributed by atoms with Gasteiger partial charge in [-0.25, -0.2) is 0 Å².